The van der Waals surface area contributed by atoms with Crippen LogP contribution >= 0.6 is 24.0 Å². The lowest BCUT2D eigenvalue weighted by molar-refractivity contribution is -0.159. The maximum Gasteiger partial charge on any atom is 0.311 e. The lowest BCUT2D eigenvalue weighted by Crippen LogP contribution is -2.41. The van der Waals surface area contributed by atoms with E-state index in [0.29, 0.717) is 19.5 Å². The van der Waals surface area contributed by atoms with Gasteiger partial charge in [-0.05, 0) is 27.2 Å². The van der Waals surface area contributed by atoms with E-state index in [-0.39, 0.29) is 35.9 Å². The zero-order chi connectivity index (χ0) is 15.2. The molecule has 0 amide bonds. The number of ether oxygens (including phenoxy) is 1. The molecule has 0 aromatic carbocycles. The molecule has 0 bridgehead atoms. The van der Waals surface area contributed by atoms with Crippen molar-refractivity contribution in [2.45, 2.75) is 39.2 Å². The van der Waals surface area contributed by atoms with Gasteiger partial charge in [0.1, 0.15) is 5.60 Å². The minimum atomic E-state index is -0.433. The number of halogens is 1. The van der Waals surface area contributed by atoms with Crippen LogP contribution in [-0.4, -0.2) is 49.1 Å². The fourth-order valence-corrected chi connectivity index (χ4v) is 2.11. The molecule has 1 atom stereocenters. The first-order valence-electron chi connectivity index (χ1n) is 6.99. The van der Waals surface area contributed by atoms with Gasteiger partial charge in [0.2, 0.25) is 0 Å². The molecule has 1 N–H and O–H groups in total. The van der Waals surface area contributed by atoms with Gasteiger partial charge in [-0.2, -0.15) is 0 Å². The Labute approximate surface area is 144 Å². The van der Waals surface area contributed by atoms with Crippen molar-refractivity contribution >= 4 is 35.9 Å². The van der Waals surface area contributed by atoms with Gasteiger partial charge in [-0.1, -0.05) is 0 Å². The second kappa shape index (κ2) is 9.13. The molecule has 1 saturated heterocycles. The molecular formula is C15H26IN3O2. The smallest absolute Gasteiger partial charge is 0.311 e. The van der Waals surface area contributed by atoms with Gasteiger partial charge in [0.15, 0.2) is 5.96 Å². The second-order valence-electron chi connectivity index (χ2n) is 5.89. The maximum atomic E-state index is 12.0. The Hall–Kier alpha value is -0.970. The predicted molar refractivity (Wildman–Crippen MR) is 95.8 cm³/mol. The molecule has 1 heterocycles. The average Bonchev–Trinajstić information content (AvgIpc) is 2.82. The average molecular weight is 407 g/mol. The van der Waals surface area contributed by atoms with E-state index in [1.54, 1.807) is 7.05 Å². The SMILES string of the molecule is C#CCCNC(=NC)N1CCC(C(=O)OC(C)(C)C)C1.I. The van der Waals surface area contributed by atoms with Crippen molar-refractivity contribution in [1.29, 1.82) is 0 Å². The van der Waals surface area contributed by atoms with Gasteiger partial charge in [0.05, 0.1) is 5.92 Å². The molecule has 1 aliphatic rings. The fraction of sp³-hybridized carbons (Fsp3) is 0.733. The first-order chi connectivity index (χ1) is 9.37. The molecule has 0 spiro atoms. The molecule has 0 saturated carbocycles. The number of aliphatic imine (C=N–C) groups is 1. The minimum absolute atomic E-state index is 0. The highest BCUT2D eigenvalue weighted by Gasteiger charge is 2.33. The summed E-state index contributed by atoms with van der Waals surface area (Å²) >= 11 is 0. The van der Waals surface area contributed by atoms with Crippen LogP contribution in [0.15, 0.2) is 4.99 Å². The Morgan fingerprint density at radius 2 is 2.19 bits per heavy atom. The van der Waals surface area contributed by atoms with E-state index < -0.39 is 5.60 Å². The monoisotopic (exact) mass is 407 g/mol. The first-order valence-corrected chi connectivity index (χ1v) is 6.99. The Balaban J connectivity index is 0.00000400. The van der Waals surface area contributed by atoms with Crippen LogP contribution in [0.5, 0.6) is 0 Å². The third kappa shape index (κ3) is 7.02. The normalized spacial score (nSPS) is 18.7. The van der Waals surface area contributed by atoms with Crippen LogP contribution in [0.25, 0.3) is 0 Å². The van der Waals surface area contributed by atoms with E-state index in [2.05, 4.69) is 21.1 Å². The highest BCUT2D eigenvalue weighted by atomic mass is 127. The highest BCUT2D eigenvalue weighted by Crippen LogP contribution is 2.20. The zero-order valence-corrected chi connectivity index (χ0v) is 15.6. The standard InChI is InChI=1S/C15H25N3O2.HI/c1-6-7-9-17-14(16-5)18-10-8-12(11-18)13(19)20-15(2,3)4;/h1,12H,7-11H2,2-5H3,(H,16,17);1H. The van der Waals surface area contributed by atoms with Crippen LogP contribution in [-0.2, 0) is 9.53 Å². The van der Waals surface area contributed by atoms with Gasteiger partial charge in [-0.15, -0.1) is 36.3 Å². The lowest BCUT2D eigenvalue weighted by Gasteiger charge is -2.23. The Bertz CT molecular complexity index is 410. The van der Waals surface area contributed by atoms with Gasteiger partial charge < -0.3 is 15.0 Å². The summed E-state index contributed by atoms with van der Waals surface area (Å²) in [6.45, 7) is 7.80. The molecule has 0 aromatic rings. The summed E-state index contributed by atoms with van der Waals surface area (Å²) in [5.74, 6) is 3.17. The Kier molecular flexibility index (Phi) is 8.71. The summed E-state index contributed by atoms with van der Waals surface area (Å²) in [5.41, 5.74) is -0.433. The van der Waals surface area contributed by atoms with Crippen molar-refractivity contribution in [3.63, 3.8) is 0 Å². The predicted octanol–water partition coefficient (Wildman–Crippen LogP) is 1.87. The van der Waals surface area contributed by atoms with Gasteiger partial charge >= 0.3 is 5.97 Å². The molecule has 1 rings (SSSR count). The van der Waals surface area contributed by atoms with Crippen molar-refractivity contribution in [1.82, 2.24) is 10.2 Å². The summed E-state index contributed by atoms with van der Waals surface area (Å²) in [4.78, 5) is 18.3. The zero-order valence-electron chi connectivity index (χ0n) is 13.3. The molecule has 1 unspecified atom stereocenters. The van der Waals surface area contributed by atoms with Gasteiger partial charge in [0, 0.05) is 33.1 Å². The minimum Gasteiger partial charge on any atom is -0.460 e. The van der Waals surface area contributed by atoms with Gasteiger partial charge in [-0.3, -0.25) is 9.79 Å². The number of terminal acetylenes is 1. The molecule has 21 heavy (non-hydrogen) atoms. The number of carbonyl (C=O) groups excluding carboxylic acids is 1. The van der Waals surface area contributed by atoms with Crippen molar-refractivity contribution in [3.05, 3.63) is 0 Å². The third-order valence-corrected chi connectivity index (χ3v) is 2.99. The Morgan fingerprint density at radius 3 is 2.71 bits per heavy atom. The first kappa shape index (κ1) is 20.0. The Morgan fingerprint density at radius 1 is 1.52 bits per heavy atom. The summed E-state index contributed by atoms with van der Waals surface area (Å²) in [6, 6.07) is 0. The van der Waals surface area contributed by atoms with Gasteiger partial charge in [0.25, 0.3) is 0 Å². The molecule has 5 nitrogen and oxygen atoms in total. The van der Waals surface area contributed by atoms with E-state index in [9.17, 15) is 4.79 Å². The lowest BCUT2D eigenvalue weighted by atomic mass is 10.1. The number of guanidine groups is 1. The largest absolute Gasteiger partial charge is 0.460 e. The second-order valence-corrected chi connectivity index (χ2v) is 5.89. The van der Waals surface area contributed by atoms with Crippen molar-refractivity contribution in [3.8, 4) is 12.3 Å². The summed E-state index contributed by atoms with van der Waals surface area (Å²) in [6.07, 6.45) is 6.68. The number of carbonyl (C=O) groups is 1. The number of esters is 1. The molecule has 0 aliphatic carbocycles. The molecule has 0 aromatic heterocycles. The van der Waals surface area contributed by atoms with E-state index >= 15 is 0 Å². The molecular weight excluding hydrogens is 381 g/mol. The van der Waals surface area contributed by atoms with E-state index in [0.717, 1.165) is 18.9 Å². The topological polar surface area (TPSA) is 53.9 Å². The van der Waals surface area contributed by atoms with Crippen molar-refractivity contribution < 1.29 is 9.53 Å². The van der Waals surface area contributed by atoms with Crippen molar-refractivity contribution in [2.24, 2.45) is 10.9 Å². The molecule has 0 radical (unpaired) electrons. The van der Waals surface area contributed by atoms with Crippen LogP contribution in [0.2, 0.25) is 0 Å². The quantitative estimate of drug-likeness (QED) is 0.194. The van der Waals surface area contributed by atoms with E-state index in [1.165, 1.54) is 0 Å². The molecule has 1 aliphatic heterocycles. The van der Waals surface area contributed by atoms with Crippen LogP contribution in [0.1, 0.15) is 33.6 Å². The van der Waals surface area contributed by atoms with Crippen LogP contribution in [0, 0.1) is 18.3 Å². The van der Waals surface area contributed by atoms with Crippen LogP contribution < -0.4 is 5.32 Å². The number of hydrogen-bond donors (Lipinski definition) is 1. The number of hydrogen-bond acceptors (Lipinski definition) is 3. The number of nitrogens with zero attached hydrogens (tertiary/aromatic N) is 2. The number of nitrogens with one attached hydrogen (secondary N) is 1. The third-order valence-electron chi connectivity index (χ3n) is 2.99. The molecule has 6 heteroatoms. The number of rotatable bonds is 3. The maximum absolute atomic E-state index is 12.0. The van der Waals surface area contributed by atoms with Crippen LogP contribution in [0.4, 0.5) is 0 Å². The van der Waals surface area contributed by atoms with Crippen LogP contribution in [0.3, 0.4) is 0 Å². The highest BCUT2D eigenvalue weighted by molar-refractivity contribution is 14.0. The van der Waals surface area contributed by atoms with Crippen molar-refractivity contribution in [2.75, 3.05) is 26.7 Å². The number of likely N-dealkylation sites (tertiary alicyclic amines) is 1. The summed E-state index contributed by atoms with van der Waals surface area (Å²) < 4.78 is 5.43. The summed E-state index contributed by atoms with van der Waals surface area (Å²) in [5, 5.41) is 3.20. The summed E-state index contributed by atoms with van der Waals surface area (Å²) in [7, 11) is 1.74. The van der Waals surface area contributed by atoms with E-state index in [4.69, 9.17) is 11.2 Å². The molecule has 120 valence electrons. The van der Waals surface area contributed by atoms with Gasteiger partial charge in [-0.25, -0.2) is 0 Å². The molecule has 1 fully saturated rings. The van der Waals surface area contributed by atoms with E-state index in [1.807, 2.05) is 20.8 Å². The fourth-order valence-electron chi connectivity index (χ4n) is 2.11.